The van der Waals surface area contributed by atoms with Crippen molar-refractivity contribution >= 4 is 11.5 Å². The van der Waals surface area contributed by atoms with Crippen LogP contribution in [0.25, 0.3) is 16.9 Å². The largest absolute Gasteiger partial charge is 0.369 e. The van der Waals surface area contributed by atoms with E-state index in [1.54, 1.807) is 0 Å². The summed E-state index contributed by atoms with van der Waals surface area (Å²) < 4.78 is 1.83. The standard InChI is InChI=1S/C17H21N5/c1-21(2)12-6-11-18-16-9-10-17-19-15(13-22(17)20-16)14-7-4-3-5-8-14/h3-5,7-10,13H,6,11-12H2,1-2H3,(H,18,20). The van der Waals surface area contributed by atoms with Crippen molar-refractivity contribution in [2.45, 2.75) is 6.42 Å². The van der Waals surface area contributed by atoms with Gasteiger partial charge in [-0.25, -0.2) is 9.50 Å². The van der Waals surface area contributed by atoms with Gasteiger partial charge in [-0.3, -0.25) is 0 Å². The topological polar surface area (TPSA) is 45.5 Å². The van der Waals surface area contributed by atoms with Gasteiger partial charge in [0.2, 0.25) is 0 Å². The van der Waals surface area contributed by atoms with Gasteiger partial charge in [0.05, 0.1) is 11.9 Å². The molecule has 0 unspecified atom stereocenters. The maximum absolute atomic E-state index is 4.61. The lowest BCUT2D eigenvalue weighted by molar-refractivity contribution is 0.405. The minimum absolute atomic E-state index is 0.859. The van der Waals surface area contributed by atoms with Crippen molar-refractivity contribution in [1.82, 2.24) is 19.5 Å². The lowest BCUT2D eigenvalue weighted by atomic mass is 10.2. The molecule has 0 atom stereocenters. The molecule has 2 aromatic heterocycles. The van der Waals surface area contributed by atoms with Crippen molar-refractivity contribution in [3.63, 3.8) is 0 Å². The zero-order valence-corrected chi connectivity index (χ0v) is 13.0. The lowest BCUT2D eigenvalue weighted by Gasteiger charge is -2.10. The van der Waals surface area contributed by atoms with Crippen LogP contribution in [0, 0.1) is 0 Å². The van der Waals surface area contributed by atoms with Gasteiger partial charge in [0.15, 0.2) is 5.65 Å². The molecule has 3 rings (SSSR count). The van der Waals surface area contributed by atoms with Gasteiger partial charge in [-0.2, -0.15) is 0 Å². The number of fused-ring (bicyclic) bond motifs is 1. The molecule has 0 saturated heterocycles. The van der Waals surface area contributed by atoms with Gasteiger partial charge in [0, 0.05) is 12.1 Å². The third kappa shape index (κ3) is 3.43. The maximum Gasteiger partial charge on any atom is 0.154 e. The van der Waals surface area contributed by atoms with Crippen LogP contribution in [0.4, 0.5) is 5.82 Å². The predicted octanol–water partition coefficient (Wildman–Crippen LogP) is 2.76. The zero-order valence-electron chi connectivity index (χ0n) is 13.0. The summed E-state index contributed by atoms with van der Waals surface area (Å²) in [6, 6.07) is 14.1. The van der Waals surface area contributed by atoms with E-state index in [0.717, 1.165) is 42.2 Å². The quantitative estimate of drug-likeness (QED) is 0.710. The van der Waals surface area contributed by atoms with Crippen LogP contribution in [-0.4, -0.2) is 46.7 Å². The van der Waals surface area contributed by atoms with E-state index in [0.29, 0.717) is 0 Å². The van der Waals surface area contributed by atoms with Gasteiger partial charge < -0.3 is 10.2 Å². The molecule has 1 N–H and O–H groups in total. The second kappa shape index (κ2) is 6.58. The first-order valence-corrected chi connectivity index (χ1v) is 7.53. The zero-order chi connectivity index (χ0) is 15.4. The molecule has 3 aromatic rings. The number of anilines is 1. The van der Waals surface area contributed by atoms with E-state index in [9.17, 15) is 0 Å². The number of aromatic nitrogens is 3. The summed E-state index contributed by atoms with van der Waals surface area (Å²) in [6.45, 7) is 1.98. The normalized spacial score (nSPS) is 11.2. The summed E-state index contributed by atoms with van der Waals surface area (Å²) in [4.78, 5) is 6.79. The van der Waals surface area contributed by atoms with Crippen molar-refractivity contribution in [2.24, 2.45) is 0 Å². The molecule has 1 aromatic carbocycles. The Labute approximate surface area is 130 Å². The van der Waals surface area contributed by atoms with Crippen molar-refractivity contribution in [1.29, 1.82) is 0 Å². The van der Waals surface area contributed by atoms with Crippen LogP contribution in [0.1, 0.15) is 6.42 Å². The average Bonchev–Trinajstić information content (AvgIpc) is 2.95. The van der Waals surface area contributed by atoms with Gasteiger partial charge in [-0.1, -0.05) is 30.3 Å². The van der Waals surface area contributed by atoms with Gasteiger partial charge in [0.25, 0.3) is 0 Å². The van der Waals surface area contributed by atoms with E-state index in [1.165, 1.54) is 0 Å². The summed E-state index contributed by atoms with van der Waals surface area (Å²) >= 11 is 0. The minimum Gasteiger partial charge on any atom is -0.369 e. The second-order valence-corrected chi connectivity index (χ2v) is 5.60. The predicted molar refractivity (Wildman–Crippen MR) is 90.1 cm³/mol. The number of nitrogens with one attached hydrogen (secondary N) is 1. The van der Waals surface area contributed by atoms with Crippen LogP contribution in [0.5, 0.6) is 0 Å². The first-order chi connectivity index (χ1) is 10.7. The highest BCUT2D eigenvalue weighted by atomic mass is 15.3. The van der Waals surface area contributed by atoms with Crippen LogP contribution in [0.2, 0.25) is 0 Å². The Morgan fingerprint density at radius 3 is 2.68 bits per heavy atom. The Morgan fingerprint density at radius 2 is 1.91 bits per heavy atom. The second-order valence-electron chi connectivity index (χ2n) is 5.60. The molecule has 114 valence electrons. The molecule has 0 aliphatic heterocycles. The van der Waals surface area contributed by atoms with Crippen LogP contribution in [0.15, 0.2) is 48.7 Å². The molecule has 0 aliphatic carbocycles. The maximum atomic E-state index is 4.61. The molecular formula is C17H21N5. The highest BCUT2D eigenvalue weighted by molar-refractivity contribution is 5.62. The average molecular weight is 295 g/mol. The molecule has 2 heterocycles. The van der Waals surface area contributed by atoms with Crippen molar-refractivity contribution in [3.8, 4) is 11.3 Å². The number of rotatable bonds is 6. The van der Waals surface area contributed by atoms with E-state index in [-0.39, 0.29) is 0 Å². The Hall–Kier alpha value is -2.40. The molecule has 0 amide bonds. The van der Waals surface area contributed by atoms with Crippen LogP contribution >= 0.6 is 0 Å². The Morgan fingerprint density at radius 1 is 1.09 bits per heavy atom. The molecule has 5 nitrogen and oxygen atoms in total. The lowest BCUT2D eigenvalue weighted by Crippen LogP contribution is -2.16. The van der Waals surface area contributed by atoms with Gasteiger partial charge in [0.1, 0.15) is 5.82 Å². The molecule has 0 fully saturated rings. The Balaban J connectivity index is 1.73. The first-order valence-electron chi connectivity index (χ1n) is 7.53. The highest BCUT2D eigenvalue weighted by Crippen LogP contribution is 2.18. The number of imidazole rings is 1. The number of benzene rings is 1. The van der Waals surface area contributed by atoms with Crippen molar-refractivity contribution in [2.75, 3.05) is 32.5 Å². The third-order valence-corrected chi connectivity index (χ3v) is 3.48. The highest BCUT2D eigenvalue weighted by Gasteiger charge is 2.05. The van der Waals surface area contributed by atoms with Crippen molar-refractivity contribution < 1.29 is 0 Å². The number of nitrogens with zero attached hydrogens (tertiary/aromatic N) is 4. The molecule has 0 aliphatic rings. The van der Waals surface area contributed by atoms with E-state index < -0.39 is 0 Å². The smallest absolute Gasteiger partial charge is 0.154 e. The molecule has 0 bridgehead atoms. The van der Waals surface area contributed by atoms with Gasteiger partial charge in [-0.15, -0.1) is 5.10 Å². The van der Waals surface area contributed by atoms with Crippen LogP contribution < -0.4 is 5.32 Å². The fraction of sp³-hybridized carbons (Fsp3) is 0.294. The SMILES string of the molecule is CN(C)CCCNc1ccc2nc(-c3ccccc3)cn2n1. The summed E-state index contributed by atoms with van der Waals surface area (Å²) in [5, 5.41) is 7.92. The third-order valence-electron chi connectivity index (χ3n) is 3.48. The number of hydrogen-bond donors (Lipinski definition) is 1. The molecular weight excluding hydrogens is 274 g/mol. The summed E-state index contributed by atoms with van der Waals surface area (Å²) in [7, 11) is 4.17. The number of hydrogen-bond acceptors (Lipinski definition) is 4. The molecule has 5 heteroatoms. The van der Waals surface area contributed by atoms with E-state index in [1.807, 2.05) is 41.0 Å². The first kappa shape index (κ1) is 14.5. The molecule has 0 spiro atoms. The molecule has 0 radical (unpaired) electrons. The van der Waals surface area contributed by atoms with E-state index in [4.69, 9.17) is 0 Å². The van der Waals surface area contributed by atoms with Crippen LogP contribution in [-0.2, 0) is 0 Å². The van der Waals surface area contributed by atoms with E-state index >= 15 is 0 Å². The minimum atomic E-state index is 0.859. The van der Waals surface area contributed by atoms with Gasteiger partial charge >= 0.3 is 0 Å². The fourth-order valence-electron chi connectivity index (χ4n) is 2.34. The Kier molecular flexibility index (Phi) is 4.34. The Bertz CT molecular complexity index is 733. The van der Waals surface area contributed by atoms with Crippen LogP contribution in [0.3, 0.4) is 0 Å². The summed E-state index contributed by atoms with van der Waals surface area (Å²) in [5.74, 6) is 0.878. The monoisotopic (exact) mass is 295 g/mol. The molecule has 0 saturated carbocycles. The van der Waals surface area contributed by atoms with Gasteiger partial charge in [-0.05, 0) is 39.2 Å². The summed E-state index contributed by atoms with van der Waals surface area (Å²) in [6.07, 6.45) is 3.06. The summed E-state index contributed by atoms with van der Waals surface area (Å²) in [5.41, 5.74) is 2.91. The van der Waals surface area contributed by atoms with E-state index in [2.05, 4.69) is 46.5 Å². The fourth-order valence-corrected chi connectivity index (χ4v) is 2.34. The molecule has 22 heavy (non-hydrogen) atoms. The van der Waals surface area contributed by atoms with Crippen molar-refractivity contribution in [3.05, 3.63) is 48.7 Å².